The molecule has 3 heteroatoms. The molecule has 2 rings (SSSR count). The fourth-order valence-electron chi connectivity index (χ4n) is 2.99. The molecule has 15 heavy (non-hydrogen) atoms. The summed E-state index contributed by atoms with van der Waals surface area (Å²) in [7, 11) is 0. The van der Waals surface area contributed by atoms with Crippen molar-refractivity contribution in [2.45, 2.75) is 38.1 Å². The molecule has 1 heterocycles. The van der Waals surface area contributed by atoms with Crippen molar-refractivity contribution in [2.24, 2.45) is 0 Å². The van der Waals surface area contributed by atoms with E-state index in [0.29, 0.717) is 6.61 Å². The van der Waals surface area contributed by atoms with Crippen molar-refractivity contribution >= 4 is 0 Å². The molecule has 2 aliphatic rings. The molecule has 2 fully saturated rings. The van der Waals surface area contributed by atoms with E-state index in [-0.39, 0.29) is 0 Å². The van der Waals surface area contributed by atoms with Gasteiger partial charge in [0.05, 0.1) is 6.61 Å². The second kappa shape index (κ2) is 5.83. The van der Waals surface area contributed by atoms with E-state index in [1.807, 2.05) is 0 Å². The Kier molecular flexibility index (Phi) is 4.42. The minimum atomic E-state index is 0.309. The second-order valence-electron chi connectivity index (χ2n) is 4.89. The quantitative estimate of drug-likeness (QED) is 0.754. The molecule has 88 valence electrons. The Bertz CT molecular complexity index is 180. The average molecular weight is 212 g/mol. The Morgan fingerprint density at radius 3 is 2.47 bits per heavy atom. The lowest BCUT2D eigenvalue weighted by molar-refractivity contribution is 0.181. The zero-order valence-corrected chi connectivity index (χ0v) is 9.70. The zero-order chi connectivity index (χ0) is 10.5. The first-order chi connectivity index (χ1) is 7.40. The summed E-state index contributed by atoms with van der Waals surface area (Å²) in [5.41, 5.74) is 0. The van der Waals surface area contributed by atoms with Crippen molar-refractivity contribution in [2.75, 3.05) is 39.3 Å². The number of hydrogen-bond donors (Lipinski definition) is 1. The average Bonchev–Trinajstić information content (AvgIpc) is 2.67. The lowest BCUT2D eigenvalue weighted by atomic mass is 10.2. The minimum absolute atomic E-state index is 0.309. The van der Waals surface area contributed by atoms with Crippen LogP contribution in [0.3, 0.4) is 0 Å². The SMILES string of the molecule is OCCN1CCCN(C2CCCC2)CC1. The van der Waals surface area contributed by atoms with Crippen molar-refractivity contribution in [1.29, 1.82) is 0 Å². The lowest BCUT2D eigenvalue weighted by Gasteiger charge is -2.27. The molecule has 0 bridgehead atoms. The van der Waals surface area contributed by atoms with Crippen LogP contribution in [0.4, 0.5) is 0 Å². The number of aliphatic hydroxyl groups is 1. The molecule has 1 aliphatic heterocycles. The van der Waals surface area contributed by atoms with Crippen LogP contribution in [-0.4, -0.2) is 60.3 Å². The van der Waals surface area contributed by atoms with E-state index in [4.69, 9.17) is 5.11 Å². The highest BCUT2D eigenvalue weighted by Crippen LogP contribution is 2.24. The Hall–Kier alpha value is -0.120. The number of aliphatic hydroxyl groups excluding tert-OH is 1. The van der Waals surface area contributed by atoms with E-state index in [1.165, 1.54) is 51.7 Å². The van der Waals surface area contributed by atoms with Crippen molar-refractivity contribution in [3.05, 3.63) is 0 Å². The van der Waals surface area contributed by atoms with Crippen molar-refractivity contribution in [1.82, 2.24) is 9.80 Å². The number of nitrogens with zero attached hydrogens (tertiary/aromatic N) is 2. The lowest BCUT2D eigenvalue weighted by Crippen LogP contribution is -2.37. The van der Waals surface area contributed by atoms with E-state index < -0.39 is 0 Å². The summed E-state index contributed by atoms with van der Waals surface area (Å²) in [6, 6.07) is 0.874. The first-order valence-electron chi connectivity index (χ1n) is 6.47. The summed E-state index contributed by atoms with van der Waals surface area (Å²) >= 11 is 0. The third-order valence-corrected chi connectivity index (χ3v) is 3.88. The molecule has 1 saturated carbocycles. The summed E-state index contributed by atoms with van der Waals surface area (Å²) in [6.45, 7) is 5.97. The molecule has 0 aromatic rings. The van der Waals surface area contributed by atoms with Gasteiger partial charge in [-0.3, -0.25) is 9.80 Å². The maximum absolute atomic E-state index is 8.93. The Labute approximate surface area is 93.1 Å². The maximum atomic E-state index is 8.93. The Morgan fingerprint density at radius 1 is 0.933 bits per heavy atom. The largest absolute Gasteiger partial charge is 0.395 e. The highest BCUT2D eigenvalue weighted by Gasteiger charge is 2.24. The molecule has 1 aliphatic carbocycles. The number of rotatable bonds is 3. The van der Waals surface area contributed by atoms with Gasteiger partial charge in [0, 0.05) is 25.7 Å². The summed E-state index contributed by atoms with van der Waals surface area (Å²) < 4.78 is 0. The fraction of sp³-hybridized carbons (Fsp3) is 1.00. The van der Waals surface area contributed by atoms with Gasteiger partial charge in [-0.2, -0.15) is 0 Å². The molecule has 0 spiro atoms. The van der Waals surface area contributed by atoms with Gasteiger partial charge in [0.1, 0.15) is 0 Å². The topological polar surface area (TPSA) is 26.7 Å². The van der Waals surface area contributed by atoms with Gasteiger partial charge in [-0.1, -0.05) is 12.8 Å². The van der Waals surface area contributed by atoms with Crippen LogP contribution in [0.2, 0.25) is 0 Å². The number of β-amino-alcohol motifs (C(OH)–C–C–N with tert-alkyl or cyclic N) is 1. The summed E-state index contributed by atoms with van der Waals surface area (Å²) in [4.78, 5) is 5.08. The van der Waals surface area contributed by atoms with Crippen LogP contribution in [0.15, 0.2) is 0 Å². The molecule has 0 radical (unpaired) electrons. The Morgan fingerprint density at radius 2 is 1.73 bits per heavy atom. The fourth-order valence-corrected chi connectivity index (χ4v) is 2.99. The normalized spacial score (nSPS) is 27.0. The molecular weight excluding hydrogens is 188 g/mol. The van der Waals surface area contributed by atoms with Gasteiger partial charge in [0.2, 0.25) is 0 Å². The third-order valence-electron chi connectivity index (χ3n) is 3.88. The molecule has 0 aromatic heterocycles. The van der Waals surface area contributed by atoms with Crippen molar-refractivity contribution in [3.8, 4) is 0 Å². The molecule has 1 N–H and O–H groups in total. The zero-order valence-electron chi connectivity index (χ0n) is 9.70. The standard InChI is InChI=1S/C12H24N2O/c15-11-10-13-6-3-7-14(9-8-13)12-4-1-2-5-12/h12,15H,1-11H2. The number of hydrogen-bond acceptors (Lipinski definition) is 3. The molecule has 1 saturated heterocycles. The van der Waals surface area contributed by atoms with Crippen molar-refractivity contribution in [3.63, 3.8) is 0 Å². The van der Waals surface area contributed by atoms with Gasteiger partial charge in [0.25, 0.3) is 0 Å². The van der Waals surface area contributed by atoms with Crippen LogP contribution < -0.4 is 0 Å². The molecule has 0 aromatic carbocycles. The van der Waals surface area contributed by atoms with Crippen LogP contribution in [0.5, 0.6) is 0 Å². The van der Waals surface area contributed by atoms with E-state index in [9.17, 15) is 0 Å². The van der Waals surface area contributed by atoms with Gasteiger partial charge < -0.3 is 5.11 Å². The van der Waals surface area contributed by atoms with Gasteiger partial charge in [-0.15, -0.1) is 0 Å². The highest BCUT2D eigenvalue weighted by atomic mass is 16.3. The second-order valence-corrected chi connectivity index (χ2v) is 4.89. The van der Waals surface area contributed by atoms with E-state index in [1.54, 1.807) is 0 Å². The van der Waals surface area contributed by atoms with Crippen LogP contribution in [0.25, 0.3) is 0 Å². The summed E-state index contributed by atoms with van der Waals surface area (Å²) in [5, 5.41) is 8.93. The molecule has 0 unspecified atom stereocenters. The first-order valence-corrected chi connectivity index (χ1v) is 6.47. The molecule has 3 nitrogen and oxygen atoms in total. The highest BCUT2D eigenvalue weighted by molar-refractivity contribution is 4.80. The van der Waals surface area contributed by atoms with E-state index in [0.717, 1.165) is 19.1 Å². The van der Waals surface area contributed by atoms with E-state index in [2.05, 4.69) is 9.80 Å². The van der Waals surface area contributed by atoms with Crippen LogP contribution >= 0.6 is 0 Å². The van der Waals surface area contributed by atoms with E-state index >= 15 is 0 Å². The van der Waals surface area contributed by atoms with Crippen LogP contribution in [0, 0.1) is 0 Å². The third kappa shape index (κ3) is 3.16. The molecule has 0 amide bonds. The predicted molar refractivity (Wildman–Crippen MR) is 62.0 cm³/mol. The monoisotopic (exact) mass is 212 g/mol. The van der Waals surface area contributed by atoms with Gasteiger partial charge >= 0.3 is 0 Å². The van der Waals surface area contributed by atoms with Gasteiger partial charge in [-0.25, -0.2) is 0 Å². The summed E-state index contributed by atoms with van der Waals surface area (Å²) in [5.74, 6) is 0. The minimum Gasteiger partial charge on any atom is -0.395 e. The first kappa shape index (κ1) is 11.4. The maximum Gasteiger partial charge on any atom is 0.0558 e. The Balaban J connectivity index is 1.78. The van der Waals surface area contributed by atoms with Crippen LogP contribution in [0.1, 0.15) is 32.1 Å². The molecular formula is C12H24N2O. The summed E-state index contributed by atoms with van der Waals surface area (Å²) in [6.07, 6.45) is 6.97. The van der Waals surface area contributed by atoms with Gasteiger partial charge in [-0.05, 0) is 32.4 Å². The molecule has 0 atom stereocenters. The predicted octanol–water partition coefficient (Wildman–Crippen LogP) is 0.929. The van der Waals surface area contributed by atoms with Gasteiger partial charge in [0.15, 0.2) is 0 Å². The van der Waals surface area contributed by atoms with Crippen molar-refractivity contribution < 1.29 is 5.11 Å². The van der Waals surface area contributed by atoms with Crippen LogP contribution in [-0.2, 0) is 0 Å². The smallest absolute Gasteiger partial charge is 0.0558 e.